The van der Waals surface area contributed by atoms with E-state index in [-0.39, 0.29) is 17.2 Å². The molecule has 2 aromatic heterocycles. The fourth-order valence-electron chi connectivity index (χ4n) is 2.42. The highest BCUT2D eigenvalue weighted by molar-refractivity contribution is 7.89. The van der Waals surface area contributed by atoms with Gasteiger partial charge < -0.3 is 9.52 Å². The molecule has 0 saturated carbocycles. The predicted octanol–water partition coefficient (Wildman–Crippen LogP) is 2.71. The van der Waals surface area contributed by atoms with Gasteiger partial charge in [-0.3, -0.25) is 4.79 Å². The molecule has 9 nitrogen and oxygen atoms in total. The zero-order valence-electron chi connectivity index (χ0n) is 16.0. The van der Waals surface area contributed by atoms with E-state index in [1.807, 2.05) is 0 Å². The predicted molar refractivity (Wildman–Crippen MR) is 115 cm³/mol. The second-order valence-electron chi connectivity index (χ2n) is 6.28. The maximum absolute atomic E-state index is 12.2. The third kappa shape index (κ3) is 7.01. The Kier molecular flexibility index (Phi) is 7.11. The van der Waals surface area contributed by atoms with Crippen molar-refractivity contribution in [1.82, 2.24) is 10.4 Å². The van der Waals surface area contributed by atoms with Gasteiger partial charge in [-0.25, -0.2) is 23.6 Å². The Morgan fingerprint density at radius 1 is 1.16 bits per heavy atom. The van der Waals surface area contributed by atoms with Gasteiger partial charge in [0.05, 0.1) is 12.5 Å². The number of carboxylic acid groups (broad SMARTS) is 1. The first-order valence-electron chi connectivity index (χ1n) is 8.82. The highest BCUT2D eigenvalue weighted by atomic mass is 32.2. The molecule has 0 atom stereocenters. The van der Waals surface area contributed by atoms with E-state index in [0.717, 1.165) is 17.4 Å². The number of nitrogens with one attached hydrogen (secondary N) is 1. The molecule has 3 rings (SSSR count). The van der Waals surface area contributed by atoms with Crippen molar-refractivity contribution in [3.63, 3.8) is 0 Å². The van der Waals surface area contributed by atoms with Crippen molar-refractivity contribution in [2.45, 2.75) is 11.5 Å². The zero-order chi connectivity index (χ0) is 22.3. The van der Waals surface area contributed by atoms with Crippen LogP contribution < -0.4 is 5.43 Å². The number of carbonyl (C=O) groups is 2. The fraction of sp³-hybridized carbons (Fsp3) is 0.100. The molecular weight excluding hydrogens is 442 g/mol. The number of hydrogen-bond acceptors (Lipinski definition) is 8. The van der Waals surface area contributed by atoms with E-state index < -0.39 is 21.7 Å². The van der Waals surface area contributed by atoms with Crippen LogP contribution in [0.4, 0.5) is 0 Å². The lowest BCUT2D eigenvalue weighted by Crippen LogP contribution is -2.18. The first-order valence-corrected chi connectivity index (χ1v) is 11.5. The second-order valence-corrected chi connectivity index (χ2v) is 9.28. The molecule has 0 unspecified atom stereocenters. The normalized spacial score (nSPS) is 11.9. The molecule has 2 N–H and O–H groups in total. The van der Waals surface area contributed by atoms with Gasteiger partial charge in [0, 0.05) is 11.5 Å². The summed E-state index contributed by atoms with van der Waals surface area (Å²) in [4.78, 5) is 26.7. The average Bonchev–Trinajstić information content (AvgIpc) is 3.38. The van der Waals surface area contributed by atoms with E-state index in [2.05, 4.69) is 15.5 Å². The van der Waals surface area contributed by atoms with Gasteiger partial charge in [-0.15, -0.1) is 11.3 Å². The third-order valence-electron chi connectivity index (χ3n) is 3.80. The summed E-state index contributed by atoms with van der Waals surface area (Å²) >= 11 is 1.07. The summed E-state index contributed by atoms with van der Waals surface area (Å²) in [7, 11) is -3.48. The number of rotatable bonds is 9. The van der Waals surface area contributed by atoms with Gasteiger partial charge in [0.2, 0.25) is 0 Å². The topological polar surface area (TPSA) is 139 Å². The molecule has 0 aliphatic carbocycles. The van der Waals surface area contributed by atoms with Gasteiger partial charge in [-0.2, -0.15) is 5.10 Å². The van der Waals surface area contributed by atoms with Crippen molar-refractivity contribution in [3.8, 4) is 0 Å². The molecule has 0 bridgehead atoms. The summed E-state index contributed by atoms with van der Waals surface area (Å²) in [6.45, 7) is 0. The first-order chi connectivity index (χ1) is 14.8. The van der Waals surface area contributed by atoms with Crippen molar-refractivity contribution in [3.05, 3.63) is 81.7 Å². The number of thiazole rings is 1. The van der Waals surface area contributed by atoms with Gasteiger partial charge in [-0.05, 0) is 29.3 Å². The van der Waals surface area contributed by atoms with Crippen LogP contribution in [0.3, 0.4) is 0 Å². The van der Waals surface area contributed by atoms with E-state index in [1.54, 1.807) is 36.4 Å². The Balaban J connectivity index is 1.54. The van der Waals surface area contributed by atoms with Gasteiger partial charge in [0.15, 0.2) is 9.84 Å². The molecule has 0 saturated heterocycles. The summed E-state index contributed by atoms with van der Waals surface area (Å²) in [6, 6.07) is 10.0. The standard InChI is InChI=1S/C20H17N3O6S2/c24-19(25)8-7-14-3-5-15(6-4-14)10-21-23-20(26)17-11-30-18(22-17)13-31(27,28)12-16-2-1-9-29-16/h1-11H,12-13H2,(H,23,26)(H,24,25)/b8-7+,21-10+. The molecule has 31 heavy (non-hydrogen) atoms. The summed E-state index contributed by atoms with van der Waals surface area (Å²) in [5, 5.41) is 14.2. The largest absolute Gasteiger partial charge is 0.478 e. The van der Waals surface area contributed by atoms with E-state index >= 15 is 0 Å². The number of hydrogen-bond donors (Lipinski definition) is 2. The Morgan fingerprint density at radius 2 is 1.90 bits per heavy atom. The maximum Gasteiger partial charge on any atom is 0.328 e. The van der Waals surface area contributed by atoms with E-state index in [4.69, 9.17) is 9.52 Å². The maximum atomic E-state index is 12.2. The number of sulfone groups is 1. The zero-order valence-corrected chi connectivity index (χ0v) is 17.6. The van der Waals surface area contributed by atoms with Gasteiger partial charge >= 0.3 is 5.97 Å². The highest BCUT2D eigenvalue weighted by Crippen LogP contribution is 2.16. The minimum absolute atomic E-state index is 0.0690. The fourth-order valence-corrected chi connectivity index (χ4v) is 4.93. The minimum atomic E-state index is -3.48. The van der Waals surface area contributed by atoms with Crippen molar-refractivity contribution in [2.24, 2.45) is 5.10 Å². The summed E-state index contributed by atoms with van der Waals surface area (Å²) < 4.78 is 29.5. The van der Waals surface area contributed by atoms with Crippen molar-refractivity contribution in [2.75, 3.05) is 0 Å². The summed E-state index contributed by atoms with van der Waals surface area (Å²) in [5.74, 6) is -1.79. The smallest absolute Gasteiger partial charge is 0.328 e. The number of benzene rings is 1. The van der Waals surface area contributed by atoms with Gasteiger partial charge in [-0.1, -0.05) is 24.3 Å². The number of aliphatic carboxylic acids is 1. The number of aromatic nitrogens is 1. The average molecular weight is 460 g/mol. The van der Waals surface area contributed by atoms with E-state index in [0.29, 0.717) is 21.9 Å². The van der Waals surface area contributed by atoms with E-state index in [9.17, 15) is 18.0 Å². The van der Waals surface area contributed by atoms with Gasteiger partial charge in [0.1, 0.15) is 28.0 Å². The van der Waals surface area contributed by atoms with Crippen LogP contribution in [0.2, 0.25) is 0 Å². The molecule has 2 heterocycles. The summed E-state index contributed by atoms with van der Waals surface area (Å²) in [5.41, 5.74) is 3.80. The van der Waals surface area contributed by atoms with E-state index in [1.165, 1.54) is 23.9 Å². The Bertz CT molecular complexity index is 1210. The first kappa shape index (κ1) is 22.1. The van der Waals surface area contributed by atoms with Crippen LogP contribution in [0, 0.1) is 0 Å². The molecule has 1 amide bonds. The number of carbonyl (C=O) groups excluding carboxylic acids is 1. The summed E-state index contributed by atoms with van der Waals surface area (Å²) in [6.07, 6.45) is 5.32. The molecular formula is C20H17N3O6S2. The van der Waals surface area contributed by atoms with Crippen LogP contribution in [-0.2, 0) is 26.1 Å². The molecule has 0 aliphatic rings. The second kappa shape index (κ2) is 9.96. The highest BCUT2D eigenvalue weighted by Gasteiger charge is 2.18. The lowest BCUT2D eigenvalue weighted by molar-refractivity contribution is -0.131. The van der Waals surface area contributed by atoms with Crippen LogP contribution in [0.25, 0.3) is 6.08 Å². The van der Waals surface area contributed by atoms with Crippen LogP contribution in [0.5, 0.6) is 0 Å². The Labute approximate surface area is 181 Å². The number of nitrogens with zero attached hydrogens (tertiary/aromatic N) is 2. The lowest BCUT2D eigenvalue weighted by Gasteiger charge is -1.99. The molecule has 0 fully saturated rings. The number of carboxylic acids is 1. The number of amides is 1. The lowest BCUT2D eigenvalue weighted by atomic mass is 10.1. The minimum Gasteiger partial charge on any atom is -0.478 e. The van der Waals surface area contributed by atoms with Crippen LogP contribution in [0.1, 0.15) is 32.4 Å². The molecule has 1 aromatic carbocycles. The molecule has 0 radical (unpaired) electrons. The Hall–Kier alpha value is -3.57. The van der Waals surface area contributed by atoms with Crippen LogP contribution in [0.15, 0.2) is 63.6 Å². The molecule has 0 spiro atoms. The van der Waals surface area contributed by atoms with Crippen molar-refractivity contribution < 1.29 is 27.5 Å². The van der Waals surface area contributed by atoms with Crippen molar-refractivity contribution >= 4 is 45.3 Å². The third-order valence-corrected chi connectivity index (χ3v) is 6.27. The number of furan rings is 1. The quantitative estimate of drug-likeness (QED) is 0.285. The van der Waals surface area contributed by atoms with Crippen LogP contribution in [-0.4, -0.2) is 36.6 Å². The van der Waals surface area contributed by atoms with Crippen LogP contribution >= 0.6 is 11.3 Å². The molecule has 3 aromatic rings. The monoisotopic (exact) mass is 459 g/mol. The molecule has 0 aliphatic heterocycles. The Morgan fingerprint density at radius 3 is 2.58 bits per heavy atom. The van der Waals surface area contributed by atoms with Gasteiger partial charge in [0.25, 0.3) is 5.91 Å². The van der Waals surface area contributed by atoms with Crippen molar-refractivity contribution in [1.29, 1.82) is 0 Å². The molecule has 11 heteroatoms. The number of hydrazone groups is 1. The molecule has 160 valence electrons. The SMILES string of the molecule is O=C(O)/C=C/c1ccc(/C=N/NC(=O)c2csc(CS(=O)(=O)Cc3ccco3)n2)cc1.